The molecule has 2 aliphatic carbocycles. The summed E-state index contributed by atoms with van der Waals surface area (Å²) < 4.78 is 21.8. The van der Waals surface area contributed by atoms with Gasteiger partial charge in [-0.25, -0.2) is 9.38 Å². The minimum Gasteiger partial charge on any atom is -0.487 e. The summed E-state index contributed by atoms with van der Waals surface area (Å²) in [5, 5.41) is 4.13. The maximum absolute atomic E-state index is 14.0. The van der Waals surface area contributed by atoms with E-state index in [1.54, 1.807) is 23.5 Å². The molecule has 4 nitrogen and oxygen atoms in total. The van der Waals surface area contributed by atoms with E-state index in [1.807, 2.05) is 24.4 Å². The molecule has 1 fully saturated rings. The fourth-order valence-corrected chi connectivity index (χ4v) is 8.43. The Bertz CT molecular complexity index is 1290. The quantitative estimate of drug-likeness (QED) is 0.196. The normalized spacial score (nSPS) is 16.1. The first-order valence-corrected chi connectivity index (χ1v) is 15.8. The van der Waals surface area contributed by atoms with Crippen molar-refractivity contribution in [2.45, 2.75) is 70.4 Å². The van der Waals surface area contributed by atoms with E-state index in [1.165, 1.54) is 42.2 Å². The summed E-state index contributed by atoms with van der Waals surface area (Å²) in [4.78, 5) is 19.6. The summed E-state index contributed by atoms with van der Waals surface area (Å²) in [6.07, 6.45) is 11.9. The minimum atomic E-state index is -0.266. The number of carbonyl (C=O) groups is 1. The summed E-state index contributed by atoms with van der Waals surface area (Å²) >= 11 is 6.16. The van der Waals surface area contributed by atoms with Crippen LogP contribution < -0.4 is 10.1 Å². The van der Waals surface area contributed by atoms with Crippen LogP contribution in [-0.4, -0.2) is 18.2 Å². The van der Waals surface area contributed by atoms with Crippen LogP contribution in [0, 0.1) is 13.0 Å². The highest BCUT2D eigenvalue weighted by molar-refractivity contribution is 14.1. The van der Waals surface area contributed by atoms with E-state index < -0.39 is 0 Å². The lowest BCUT2D eigenvalue weighted by atomic mass is 9.93. The molecule has 8 heteroatoms. The van der Waals surface area contributed by atoms with Crippen molar-refractivity contribution >= 4 is 73.6 Å². The number of hydrogen-bond acceptors (Lipinski definition) is 4. The van der Waals surface area contributed by atoms with Gasteiger partial charge in [0.2, 0.25) is 0 Å². The van der Waals surface area contributed by atoms with E-state index in [4.69, 9.17) is 9.73 Å². The first-order chi connectivity index (χ1) is 18.0. The van der Waals surface area contributed by atoms with Crippen molar-refractivity contribution in [3.05, 3.63) is 76.5 Å². The molecule has 1 aromatic heterocycles. The van der Waals surface area contributed by atoms with Gasteiger partial charge in [-0.1, -0.05) is 37.5 Å². The monoisotopic (exact) mass is 742 g/mol. The van der Waals surface area contributed by atoms with Crippen LogP contribution in [0.4, 0.5) is 9.39 Å². The lowest BCUT2D eigenvalue weighted by Gasteiger charge is -2.23. The number of nitrogens with zero attached hydrogens (tertiary/aromatic N) is 1. The second-order valence-electron chi connectivity index (χ2n) is 9.65. The maximum Gasteiger partial charge on any atom is 0.254 e. The third-order valence-corrected chi connectivity index (χ3v) is 9.80. The summed E-state index contributed by atoms with van der Waals surface area (Å²) in [5.41, 5.74) is 3.46. The van der Waals surface area contributed by atoms with Gasteiger partial charge in [-0.15, -0.1) is 11.3 Å². The lowest BCUT2D eigenvalue weighted by Crippen LogP contribution is -2.36. The predicted octanol–water partition coefficient (Wildman–Crippen LogP) is 8.37. The third kappa shape index (κ3) is 6.55. The van der Waals surface area contributed by atoms with Crippen molar-refractivity contribution in [3.8, 4) is 5.75 Å². The van der Waals surface area contributed by atoms with Gasteiger partial charge in [0.05, 0.1) is 12.7 Å². The molecule has 1 heterocycles. The van der Waals surface area contributed by atoms with E-state index in [0.29, 0.717) is 5.56 Å². The molecule has 0 radical (unpaired) electrons. The molecule has 2 aromatic carbocycles. The number of thiophene rings is 1. The molecule has 0 aliphatic heterocycles. The summed E-state index contributed by atoms with van der Waals surface area (Å²) in [6.45, 7) is 0.173. The number of rotatable bonds is 7. The average molecular weight is 742 g/mol. The fraction of sp³-hybridized carbons (Fsp3) is 0.379. The van der Waals surface area contributed by atoms with Gasteiger partial charge in [0, 0.05) is 22.7 Å². The number of carbonyl (C=O) groups excluding carboxylic acids is 1. The van der Waals surface area contributed by atoms with Crippen LogP contribution >= 0.6 is 56.5 Å². The molecule has 5 rings (SSSR count). The number of aliphatic imine (C=N–C) groups is 1. The van der Waals surface area contributed by atoms with E-state index in [2.05, 4.69) is 50.5 Å². The standard InChI is InChI=1S/C29H29FI2N2O2S/c30-22-12-6-4-8-19(22)17-36-27-23(31)14-18(15-24(27)32)16-33-29-26(21-11-5-7-13-25(21)37-29)28(35)34-20-9-2-1-3-10-20/h4,6,8,12,14-16,20H,1-3,5,7,9-11,13,17H2,(H,34,35). The van der Waals surface area contributed by atoms with Crippen LogP contribution in [0.25, 0.3) is 0 Å². The number of amides is 1. The molecule has 1 amide bonds. The Hall–Kier alpha value is -1.53. The van der Waals surface area contributed by atoms with Crippen molar-refractivity contribution < 1.29 is 13.9 Å². The van der Waals surface area contributed by atoms with Crippen molar-refractivity contribution in [1.82, 2.24) is 5.32 Å². The van der Waals surface area contributed by atoms with Crippen molar-refractivity contribution in [2.24, 2.45) is 4.99 Å². The largest absolute Gasteiger partial charge is 0.487 e. The van der Waals surface area contributed by atoms with Crippen LogP contribution in [0.3, 0.4) is 0 Å². The molecule has 0 atom stereocenters. The molecule has 1 saturated carbocycles. The molecule has 0 spiro atoms. The van der Waals surface area contributed by atoms with Gasteiger partial charge in [-0.05, 0) is 113 Å². The molecular weight excluding hydrogens is 713 g/mol. The molecule has 2 aliphatic rings. The molecule has 0 bridgehead atoms. The number of fused-ring (bicyclic) bond motifs is 1. The summed E-state index contributed by atoms with van der Waals surface area (Å²) in [6, 6.07) is 11.0. The number of nitrogens with one attached hydrogen (secondary N) is 1. The van der Waals surface area contributed by atoms with Crippen LogP contribution in [0.2, 0.25) is 0 Å². The van der Waals surface area contributed by atoms with Crippen LogP contribution in [0.15, 0.2) is 41.4 Å². The Balaban J connectivity index is 1.36. The zero-order valence-electron chi connectivity index (χ0n) is 20.5. The first-order valence-electron chi connectivity index (χ1n) is 12.8. The van der Waals surface area contributed by atoms with Gasteiger partial charge in [-0.3, -0.25) is 4.79 Å². The Labute approximate surface area is 248 Å². The van der Waals surface area contributed by atoms with Crippen molar-refractivity contribution in [3.63, 3.8) is 0 Å². The lowest BCUT2D eigenvalue weighted by molar-refractivity contribution is 0.0927. The van der Waals surface area contributed by atoms with Crippen LogP contribution in [-0.2, 0) is 19.4 Å². The van der Waals surface area contributed by atoms with E-state index in [-0.39, 0.29) is 24.4 Å². The van der Waals surface area contributed by atoms with Crippen LogP contribution in [0.1, 0.15) is 76.9 Å². The first kappa shape index (κ1) is 27.1. The molecule has 1 N–H and O–H groups in total. The molecular formula is C29H29FI2N2O2S. The number of aryl methyl sites for hydroxylation is 1. The Morgan fingerprint density at radius 2 is 1.81 bits per heavy atom. The highest BCUT2D eigenvalue weighted by Crippen LogP contribution is 2.40. The second-order valence-corrected chi connectivity index (χ2v) is 13.1. The van der Waals surface area contributed by atoms with Crippen LogP contribution in [0.5, 0.6) is 5.75 Å². The van der Waals surface area contributed by atoms with Gasteiger partial charge < -0.3 is 10.1 Å². The smallest absolute Gasteiger partial charge is 0.254 e. The maximum atomic E-state index is 14.0. The van der Waals surface area contributed by atoms with Gasteiger partial charge in [0.25, 0.3) is 5.91 Å². The van der Waals surface area contributed by atoms with Gasteiger partial charge in [0.1, 0.15) is 23.2 Å². The van der Waals surface area contributed by atoms with Crippen molar-refractivity contribution in [2.75, 3.05) is 0 Å². The predicted molar refractivity (Wildman–Crippen MR) is 165 cm³/mol. The number of benzene rings is 2. The Morgan fingerprint density at radius 3 is 2.57 bits per heavy atom. The molecule has 37 heavy (non-hydrogen) atoms. The zero-order chi connectivity index (χ0) is 25.8. The van der Waals surface area contributed by atoms with E-state index in [0.717, 1.165) is 61.1 Å². The number of hydrogen-bond donors (Lipinski definition) is 1. The third-order valence-electron chi connectivity index (χ3n) is 7.00. The van der Waals surface area contributed by atoms with Gasteiger partial charge in [-0.2, -0.15) is 0 Å². The Kier molecular flexibility index (Phi) is 9.18. The van der Waals surface area contributed by atoms with E-state index in [9.17, 15) is 9.18 Å². The summed E-state index contributed by atoms with van der Waals surface area (Å²) in [5.74, 6) is 0.512. The summed E-state index contributed by atoms with van der Waals surface area (Å²) in [7, 11) is 0. The van der Waals surface area contributed by atoms with Gasteiger partial charge in [0.15, 0.2) is 0 Å². The second kappa shape index (κ2) is 12.5. The van der Waals surface area contributed by atoms with Gasteiger partial charge >= 0.3 is 0 Å². The topological polar surface area (TPSA) is 50.7 Å². The number of ether oxygens (including phenoxy) is 1. The molecule has 3 aromatic rings. The van der Waals surface area contributed by atoms with E-state index >= 15 is 0 Å². The highest BCUT2D eigenvalue weighted by atomic mass is 127. The number of halogens is 3. The highest BCUT2D eigenvalue weighted by Gasteiger charge is 2.27. The zero-order valence-corrected chi connectivity index (χ0v) is 25.6. The van der Waals surface area contributed by atoms with Crippen molar-refractivity contribution in [1.29, 1.82) is 0 Å². The molecule has 194 valence electrons. The molecule has 0 unspecified atom stereocenters. The Morgan fingerprint density at radius 1 is 1.08 bits per heavy atom. The average Bonchev–Trinajstić information content (AvgIpc) is 3.27. The SMILES string of the molecule is O=C(NC1CCCCC1)c1c(N=Cc2cc(I)c(OCc3ccccc3F)c(I)c2)sc2c1CCCC2. The minimum absolute atomic E-state index is 0.0412. The fourth-order valence-electron chi connectivity index (χ4n) is 5.07. The molecule has 0 saturated heterocycles.